The summed E-state index contributed by atoms with van der Waals surface area (Å²) < 4.78 is 0. The van der Waals surface area contributed by atoms with Crippen LogP contribution in [0.1, 0.15) is 10.4 Å². The predicted octanol–water partition coefficient (Wildman–Crippen LogP) is 4.46. The Morgan fingerprint density at radius 1 is 1.06 bits per heavy atom. The van der Waals surface area contributed by atoms with Gasteiger partial charge in [-0.05, 0) is 31.5 Å². The standard InChI is InChI=1S/C14H12N2S2/c1-9-10(2)17-13-12(9)14(16-8-15-13)18-11-6-4-3-5-7-11/h3-8H,1-2H3. The van der Waals surface area contributed by atoms with Gasteiger partial charge in [-0.2, -0.15) is 0 Å². The fraction of sp³-hybridized carbons (Fsp3) is 0.143. The van der Waals surface area contributed by atoms with Crippen LogP contribution in [0, 0.1) is 13.8 Å². The maximum absolute atomic E-state index is 4.43. The van der Waals surface area contributed by atoms with E-state index in [9.17, 15) is 0 Å². The van der Waals surface area contributed by atoms with Crippen LogP contribution >= 0.6 is 23.1 Å². The Morgan fingerprint density at radius 3 is 2.61 bits per heavy atom. The van der Waals surface area contributed by atoms with Gasteiger partial charge >= 0.3 is 0 Å². The van der Waals surface area contributed by atoms with E-state index >= 15 is 0 Å². The zero-order valence-electron chi connectivity index (χ0n) is 10.2. The maximum atomic E-state index is 4.43. The van der Waals surface area contributed by atoms with Gasteiger partial charge in [-0.25, -0.2) is 9.97 Å². The van der Waals surface area contributed by atoms with E-state index in [1.54, 1.807) is 29.4 Å². The molecular formula is C14H12N2S2. The molecule has 90 valence electrons. The fourth-order valence-electron chi connectivity index (χ4n) is 1.83. The average molecular weight is 272 g/mol. The molecule has 0 unspecified atom stereocenters. The van der Waals surface area contributed by atoms with Crippen LogP contribution in [-0.4, -0.2) is 9.97 Å². The number of aryl methyl sites for hydroxylation is 2. The molecule has 0 amide bonds. The van der Waals surface area contributed by atoms with E-state index in [0.29, 0.717) is 0 Å². The lowest BCUT2D eigenvalue weighted by atomic mass is 10.2. The highest BCUT2D eigenvalue weighted by molar-refractivity contribution is 7.99. The molecule has 2 nitrogen and oxygen atoms in total. The minimum absolute atomic E-state index is 1.05. The zero-order chi connectivity index (χ0) is 12.5. The van der Waals surface area contributed by atoms with Gasteiger partial charge in [0.2, 0.25) is 0 Å². The SMILES string of the molecule is Cc1sc2ncnc(Sc3ccccc3)c2c1C. The van der Waals surface area contributed by atoms with Gasteiger partial charge < -0.3 is 0 Å². The first kappa shape index (κ1) is 11.7. The molecule has 0 spiro atoms. The number of fused-ring (bicyclic) bond motifs is 1. The smallest absolute Gasteiger partial charge is 0.128 e. The van der Waals surface area contributed by atoms with Gasteiger partial charge in [-0.3, -0.25) is 0 Å². The highest BCUT2D eigenvalue weighted by Crippen LogP contribution is 2.37. The normalized spacial score (nSPS) is 11.0. The lowest BCUT2D eigenvalue weighted by molar-refractivity contribution is 1.10. The Hall–Kier alpha value is -1.39. The molecule has 2 heterocycles. The van der Waals surface area contributed by atoms with Crippen LogP contribution in [0.3, 0.4) is 0 Å². The van der Waals surface area contributed by atoms with Gasteiger partial charge in [0.25, 0.3) is 0 Å². The highest BCUT2D eigenvalue weighted by atomic mass is 32.2. The van der Waals surface area contributed by atoms with Gasteiger partial charge in [0.1, 0.15) is 16.2 Å². The summed E-state index contributed by atoms with van der Waals surface area (Å²) in [6.45, 7) is 4.28. The second-order valence-corrected chi connectivity index (χ2v) is 6.32. The summed E-state index contributed by atoms with van der Waals surface area (Å²) in [6.07, 6.45) is 1.66. The second kappa shape index (κ2) is 4.71. The number of benzene rings is 1. The van der Waals surface area contributed by atoms with Gasteiger partial charge in [0, 0.05) is 15.2 Å². The average Bonchev–Trinajstić information content (AvgIpc) is 2.67. The third-order valence-electron chi connectivity index (χ3n) is 2.89. The number of thiophene rings is 1. The first-order chi connectivity index (χ1) is 8.75. The molecule has 0 bridgehead atoms. The Kier molecular flexibility index (Phi) is 3.06. The molecule has 1 aromatic carbocycles. The molecule has 3 aromatic rings. The molecule has 18 heavy (non-hydrogen) atoms. The fourth-order valence-corrected chi connectivity index (χ4v) is 3.86. The molecule has 3 rings (SSSR count). The maximum Gasteiger partial charge on any atom is 0.128 e. The van der Waals surface area contributed by atoms with Crippen molar-refractivity contribution in [2.75, 3.05) is 0 Å². The molecule has 0 saturated heterocycles. The topological polar surface area (TPSA) is 25.8 Å². The molecule has 0 aliphatic heterocycles. The Bertz CT molecular complexity index is 690. The first-order valence-corrected chi connectivity index (χ1v) is 7.32. The number of rotatable bonds is 2. The van der Waals surface area contributed by atoms with Crippen LogP contribution in [0.25, 0.3) is 10.2 Å². The molecule has 0 radical (unpaired) electrons. The number of aromatic nitrogens is 2. The van der Waals surface area contributed by atoms with Crippen LogP contribution in [0.2, 0.25) is 0 Å². The molecule has 2 aromatic heterocycles. The van der Waals surface area contributed by atoms with Crippen LogP contribution in [-0.2, 0) is 0 Å². The van der Waals surface area contributed by atoms with Crippen molar-refractivity contribution in [1.82, 2.24) is 9.97 Å². The van der Waals surface area contributed by atoms with Crippen LogP contribution in [0.15, 0.2) is 46.6 Å². The molecule has 0 N–H and O–H groups in total. The van der Waals surface area contributed by atoms with Gasteiger partial charge in [-0.15, -0.1) is 11.3 Å². The monoisotopic (exact) mass is 272 g/mol. The minimum Gasteiger partial charge on any atom is -0.229 e. The van der Waals surface area contributed by atoms with Crippen molar-refractivity contribution < 1.29 is 0 Å². The molecule has 4 heteroatoms. The van der Waals surface area contributed by atoms with Crippen molar-refractivity contribution in [2.45, 2.75) is 23.8 Å². The predicted molar refractivity (Wildman–Crippen MR) is 77.5 cm³/mol. The molecule has 0 aliphatic carbocycles. The van der Waals surface area contributed by atoms with Crippen LogP contribution < -0.4 is 0 Å². The molecular weight excluding hydrogens is 260 g/mol. The van der Waals surface area contributed by atoms with Crippen molar-refractivity contribution in [3.63, 3.8) is 0 Å². The summed E-state index contributed by atoms with van der Waals surface area (Å²) in [7, 11) is 0. The van der Waals surface area contributed by atoms with Crippen molar-refractivity contribution in [3.8, 4) is 0 Å². The van der Waals surface area contributed by atoms with E-state index in [1.807, 2.05) is 18.2 Å². The second-order valence-electron chi connectivity index (χ2n) is 4.06. The number of hydrogen-bond donors (Lipinski definition) is 0. The summed E-state index contributed by atoms with van der Waals surface area (Å²) in [5.74, 6) is 0. The van der Waals surface area contributed by atoms with E-state index in [0.717, 1.165) is 9.86 Å². The largest absolute Gasteiger partial charge is 0.229 e. The Balaban J connectivity index is 2.12. The van der Waals surface area contributed by atoms with Gasteiger partial charge in [-0.1, -0.05) is 30.0 Å². The summed E-state index contributed by atoms with van der Waals surface area (Å²) in [5, 5.41) is 2.25. The van der Waals surface area contributed by atoms with Gasteiger partial charge in [0.15, 0.2) is 0 Å². The number of hydrogen-bond acceptors (Lipinski definition) is 4. The van der Waals surface area contributed by atoms with E-state index in [4.69, 9.17) is 0 Å². The Morgan fingerprint density at radius 2 is 1.83 bits per heavy atom. The molecule has 0 saturated carbocycles. The summed E-state index contributed by atoms with van der Waals surface area (Å²) in [5.41, 5.74) is 1.30. The lowest BCUT2D eigenvalue weighted by Crippen LogP contribution is -1.85. The quantitative estimate of drug-likeness (QED) is 0.644. The first-order valence-electron chi connectivity index (χ1n) is 5.69. The van der Waals surface area contributed by atoms with Crippen molar-refractivity contribution in [2.24, 2.45) is 0 Å². The third-order valence-corrected chi connectivity index (χ3v) is 5.01. The van der Waals surface area contributed by atoms with Crippen LogP contribution in [0.5, 0.6) is 0 Å². The Labute approximate surface area is 114 Å². The third kappa shape index (κ3) is 2.02. The van der Waals surface area contributed by atoms with E-state index < -0.39 is 0 Å². The summed E-state index contributed by atoms with van der Waals surface area (Å²) >= 11 is 3.44. The van der Waals surface area contributed by atoms with Gasteiger partial charge in [0.05, 0.1) is 0 Å². The van der Waals surface area contributed by atoms with Crippen molar-refractivity contribution in [1.29, 1.82) is 0 Å². The molecule has 0 atom stereocenters. The van der Waals surface area contributed by atoms with E-state index in [2.05, 4.69) is 35.9 Å². The van der Waals surface area contributed by atoms with E-state index in [-0.39, 0.29) is 0 Å². The zero-order valence-corrected chi connectivity index (χ0v) is 11.8. The summed E-state index contributed by atoms with van der Waals surface area (Å²) in [4.78, 5) is 12.4. The summed E-state index contributed by atoms with van der Waals surface area (Å²) in [6, 6.07) is 10.3. The van der Waals surface area contributed by atoms with E-state index in [1.165, 1.54) is 20.7 Å². The van der Waals surface area contributed by atoms with Crippen molar-refractivity contribution >= 4 is 33.3 Å². The minimum atomic E-state index is 1.05. The van der Waals surface area contributed by atoms with Crippen LogP contribution in [0.4, 0.5) is 0 Å². The molecule has 0 fully saturated rings. The molecule has 0 aliphatic rings. The lowest BCUT2D eigenvalue weighted by Gasteiger charge is -2.02. The highest BCUT2D eigenvalue weighted by Gasteiger charge is 2.12. The number of nitrogens with zero attached hydrogens (tertiary/aromatic N) is 2. The van der Waals surface area contributed by atoms with Crippen molar-refractivity contribution in [3.05, 3.63) is 47.1 Å².